The molecule has 0 radical (unpaired) electrons. The van der Waals surface area contributed by atoms with Gasteiger partial charge in [0.2, 0.25) is 0 Å². The molecule has 0 aromatic heterocycles. The molecule has 6 heavy (non-hydrogen) atoms. The van der Waals surface area contributed by atoms with Crippen LogP contribution in [-0.4, -0.2) is 20.1 Å². The molecule has 0 fully saturated rings. The highest BCUT2D eigenvalue weighted by atomic mass is 16.3. The Morgan fingerprint density at radius 3 is 2.67 bits per heavy atom. The summed E-state index contributed by atoms with van der Waals surface area (Å²) in [6.45, 7) is 1.06. The third-order valence-electron chi connectivity index (χ3n) is 0.453. The van der Waals surface area contributed by atoms with Gasteiger partial charge in [0.1, 0.15) is 0 Å². The van der Waals surface area contributed by atoms with E-state index in [1.807, 2.05) is 0 Å². The Hall–Kier alpha value is -0.440. The Morgan fingerprint density at radius 2 is 2.50 bits per heavy atom. The predicted octanol–water partition coefficient (Wildman–Crippen LogP) is -0.0278. The Morgan fingerprint density at radius 1 is 1.83 bits per heavy atom. The second-order valence-corrected chi connectivity index (χ2v) is 0.956. The maximum Gasteiger partial charge on any atom is 0.0935 e. The van der Waals surface area contributed by atoms with Gasteiger partial charge in [-0.2, -0.15) is 4.91 Å². The number of likely N-dealkylation sites (N-methyl/N-ethyl adjacent to an activating group) is 1. The lowest BCUT2D eigenvalue weighted by Gasteiger charge is -1.83. The van der Waals surface area contributed by atoms with Crippen molar-refractivity contribution >= 4 is 0 Å². The summed E-state index contributed by atoms with van der Waals surface area (Å²) >= 11 is 0. The quantitative estimate of drug-likeness (QED) is 0.389. The molecule has 0 aliphatic heterocycles. The van der Waals surface area contributed by atoms with E-state index in [9.17, 15) is 4.91 Å². The molecule has 0 rings (SSSR count). The monoisotopic (exact) mass is 88.1 g/mol. The Kier molecular flexibility index (Phi) is 4.23. The van der Waals surface area contributed by atoms with Gasteiger partial charge in [-0.25, -0.2) is 0 Å². The van der Waals surface area contributed by atoms with Crippen LogP contribution in [-0.2, 0) is 0 Å². The van der Waals surface area contributed by atoms with E-state index >= 15 is 0 Å². The molecule has 0 aliphatic rings. The number of nitrogens with zero attached hydrogens (tertiary/aromatic N) is 1. The molecule has 1 N–H and O–H groups in total. The fourth-order valence-electron chi connectivity index (χ4n) is 0.157. The molecule has 0 aromatic carbocycles. The van der Waals surface area contributed by atoms with Crippen LogP contribution >= 0.6 is 0 Å². The van der Waals surface area contributed by atoms with Crippen molar-refractivity contribution in [1.82, 2.24) is 5.32 Å². The summed E-state index contributed by atoms with van der Waals surface area (Å²) in [5.41, 5.74) is 0. The third-order valence-corrected chi connectivity index (χ3v) is 0.453. The van der Waals surface area contributed by atoms with Crippen LogP contribution in [0.25, 0.3) is 0 Å². The fraction of sp³-hybridized carbons (Fsp3) is 1.00. The average molecular weight is 88.1 g/mol. The van der Waals surface area contributed by atoms with E-state index in [1.165, 1.54) is 0 Å². The van der Waals surface area contributed by atoms with E-state index in [0.29, 0.717) is 13.1 Å². The minimum Gasteiger partial charge on any atom is -0.318 e. The number of hydrogen-bond acceptors (Lipinski definition) is 3. The molecule has 0 saturated carbocycles. The molecular weight excluding hydrogens is 80.0 g/mol. The molecule has 0 spiro atoms. The largest absolute Gasteiger partial charge is 0.318 e. The minimum absolute atomic E-state index is 0.372. The predicted molar refractivity (Wildman–Crippen MR) is 24.6 cm³/mol. The van der Waals surface area contributed by atoms with Crippen molar-refractivity contribution in [3.8, 4) is 0 Å². The summed E-state index contributed by atoms with van der Waals surface area (Å²) in [6, 6.07) is 0. The van der Waals surface area contributed by atoms with E-state index in [0.717, 1.165) is 0 Å². The molecule has 0 saturated heterocycles. The molecule has 0 bridgehead atoms. The van der Waals surface area contributed by atoms with E-state index in [4.69, 9.17) is 0 Å². The van der Waals surface area contributed by atoms with Gasteiger partial charge in [-0.1, -0.05) is 5.18 Å². The van der Waals surface area contributed by atoms with Crippen molar-refractivity contribution in [3.63, 3.8) is 0 Å². The highest BCUT2D eigenvalue weighted by Gasteiger charge is 1.73. The molecule has 0 aromatic rings. The number of nitrogens with one attached hydrogen (secondary N) is 1. The van der Waals surface area contributed by atoms with Crippen LogP contribution in [0.2, 0.25) is 0 Å². The van der Waals surface area contributed by atoms with Gasteiger partial charge in [-0.05, 0) is 7.05 Å². The van der Waals surface area contributed by atoms with Gasteiger partial charge in [-0.3, -0.25) is 0 Å². The van der Waals surface area contributed by atoms with Gasteiger partial charge >= 0.3 is 0 Å². The fourth-order valence-corrected chi connectivity index (χ4v) is 0.157. The first kappa shape index (κ1) is 5.56. The molecule has 36 valence electrons. The van der Waals surface area contributed by atoms with Gasteiger partial charge in [0.05, 0.1) is 6.54 Å². The third kappa shape index (κ3) is 3.56. The molecule has 3 heteroatoms. The average Bonchev–Trinajstić information content (AvgIpc) is 1.61. The van der Waals surface area contributed by atoms with E-state index in [-0.39, 0.29) is 0 Å². The second-order valence-electron chi connectivity index (χ2n) is 0.956. The van der Waals surface area contributed by atoms with Crippen LogP contribution in [0.3, 0.4) is 0 Å². The van der Waals surface area contributed by atoms with Crippen molar-refractivity contribution in [2.75, 3.05) is 20.1 Å². The first-order chi connectivity index (χ1) is 2.91. The summed E-state index contributed by atoms with van der Waals surface area (Å²) in [5, 5.41) is 5.39. The Balaban J connectivity index is 2.49. The molecule has 0 atom stereocenters. The van der Waals surface area contributed by atoms with Gasteiger partial charge in [0.15, 0.2) is 0 Å². The summed E-state index contributed by atoms with van der Waals surface area (Å²) in [4.78, 5) is 9.27. The van der Waals surface area contributed by atoms with Gasteiger partial charge in [0, 0.05) is 6.54 Å². The van der Waals surface area contributed by atoms with Crippen molar-refractivity contribution in [3.05, 3.63) is 4.91 Å². The van der Waals surface area contributed by atoms with Crippen molar-refractivity contribution < 1.29 is 0 Å². The summed E-state index contributed by atoms with van der Waals surface area (Å²) in [6.07, 6.45) is 0. The van der Waals surface area contributed by atoms with E-state index in [2.05, 4.69) is 10.5 Å². The first-order valence-corrected chi connectivity index (χ1v) is 1.85. The SMILES string of the molecule is CNCCN=O. The van der Waals surface area contributed by atoms with Crippen molar-refractivity contribution in [1.29, 1.82) is 0 Å². The number of rotatable bonds is 3. The van der Waals surface area contributed by atoms with Crippen molar-refractivity contribution in [2.24, 2.45) is 5.18 Å². The lowest BCUT2D eigenvalue weighted by molar-refractivity contribution is 0.799. The molecule has 0 amide bonds. The van der Waals surface area contributed by atoms with Gasteiger partial charge < -0.3 is 5.32 Å². The Bertz CT molecular complexity index is 37.8. The second kappa shape index (κ2) is 4.56. The van der Waals surface area contributed by atoms with Gasteiger partial charge in [0.25, 0.3) is 0 Å². The highest BCUT2D eigenvalue weighted by molar-refractivity contribution is 4.40. The maximum atomic E-state index is 9.27. The first-order valence-electron chi connectivity index (χ1n) is 1.85. The van der Waals surface area contributed by atoms with Crippen LogP contribution in [0.1, 0.15) is 0 Å². The topological polar surface area (TPSA) is 41.5 Å². The van der Waals surface area contributed by atoms with E-state index < -0.39 is 0 Å². The molecule has 3 nitrogen and oxygen atoms in total. The summed E-state index contributed by atoms with van der Waals surface area (Å²) in [7, 11) is 1.78. The summed E-state index contributed by atoms with van der Waals surface area (Å²) < 4.78 is 0. The van der Waals surface area contributed by atoms with Crippen LogP contribution in [0, 0.1) is 4.91 Å². The standard InChI is InChI=1S/C3H8N2O/c1-4-2-3-5-6/h4H,2-3H2,1H3. The number of hydrogen-bond donors (Lipinski definition) is 1. The molecular formula is C3H8N2O. The maximum absolute atomic E-state index is 9.27. The van der Waals surface area contributed by atoms with Crippen LogP contribution in [0.5, 0.6) is 0 Å². The zero-order chi connectivity index (χ0) is 4.83. The normalized spacial score (nSPS) is 8.17. The Labute approximate surface area is 36.7 Å². The lowest BCUT2D eigenvalue weighted by Crippen LogP contribution is -2.09. The van der Waals surface area contributed by atoms with Crippen LogP contribution in [0.15, 0.2) is 5.18 Å². The molecule has 0 unspecified atom stereocenters. The summed E-state index contributed by atoms with van der Waals surface area (Å²) in [5.74, 6) is 0. The zero-order valence-corrected chi connectivity index (χ0v) is 3.77. The molecule has 0 aliphatic carbocycles. The lowest BCUT2D eigenvalue weighted by atomic mass is 10.7. The number of nitroso groups, excluding NO2 is 1. The minimum atomic E-state index is 0.372. The van der Waals surface area contributed by atoms with E-state index in [1.54, 1.807) is 7.05 Å². The smallest absolute Gasteiger partial charge is 0.0935 e. The molecule has 0 heterocycles. The van der Waals surface area contributed by atoms with Crippen molar-refractivity contribution in [2.45, 2.75) is 0 Å². The van der Waals surface area contributed by atoms with Crippen LogP contribution < -0.4 is 5.32 Å². The zero-order valence-electron chi connectivity index (χ0n) is 3.77. The van der Waals surface area contributed by atoms with Crippen LogP contribution in [0.4, 0.5) is 0 Å². The highest BCUT2D eigenvalue weighted by Crippen LogP contribution is 1.58. The van der Waals surface area contributed by atoms with Gasteiger partial charge in [-0.15, -0.1) is 0 Å².